The zero-order valence-electron chi connectivity index (χ0n) is 8.66. The van der Waals surface area contributed by atoms with Gasteiger partial charge in [-0.05, 0) is 18.8 Å². The first-order valence-corrected chi connectivity index (χ1v) is 5.17. The van der Waals surface area contributed by atoms with Crippen LogP contribution in [-0.2, 0) is 19.3 Å². The molecule has 0 bridgehead atoms. The van der Waals surface area contributed by atoms with E-state index in [9.17, 15) is 4.79 Å². The quantitative estimate of drug-likeness (QED) is 0.296. The van der Waals surface area contributed by atoms with Crippen molar-refractivity contribution in [3.05, 3.63) is 0 Å². The van der Waals surface area contributed by atoms with Crippen molar-refractivity contribution in [2.24, 2.45) is 5.92 Å². The number of carbonyl (C=O) groups is 1. The molecule has 4 heteroatoms. The molecule has 14 heavy (non-hydrogen) atoms. The van der Waals surface area contributed by atoms with Crippen molar-refractivity contribution in [2.75, 3.05) is 13.4 Å². The third kappa shape index (κ3) is 5.19. The highest BCUT2D eigenvalue weighted by Crippen LogP contribution is 2.23. The van der Waals surface area contributed by atoms with Crippen LogP contribution in [-0.4, -0.2) is 19.4 Å². The second kappa shape index (κ2) is 6.79. The molecule has 0 heterocycles. The molecule has 1 aliphatic rings. The molecule has 0 aliphatic heterocycles. The lowest BCUT2D eigenvalue weighted by atomic mass is 9.90. The van der Waals surface area contributed by atoms with Crippen LogP contribution in [0.2, 0.25) is 0 Å². The van der Waals surface area contributed by atoms with Crippen LogP contribution in [0.5, 0.6) is 0 Å². The standard InChI is InChI=1S/C10H18O4/c1-9(11)14-13-8-12-7-10-5-3-2-4-6-10/h10H,2-8H2,1H3. The summed E-state index contributed by atoms with van der Waals surface area (Å²) in [6, 6.07) is 0. The molecule has 1 rings (SSSR count). The number of ether oxygens (including phenoxy) is 1. The summed E-state index contributed by atoms with van der Waals surface area (Å²) in [5.41, 5.74) is 0. The summed E-state index contributed by atoms with van der Waals surface area (Å²) in [7, 11) is 0. The van der Waals surface area contributed by atoms with Crippen molar-refractivity contribution in [1.82, 2.24) is 0 Å². The number of hydrogen-bond acceptors (Lipinski definition) is 4. The molecule has 4 nitrogen and oxygen atoms in total. The van der Waals surface area contributed by atoms with Crippen LogP contribution in [0.25, 0.3) is 0 Å². The highest BCUT2D eigenvalue weighted by atomic mass is 17.2. The fourth-order valence-corrected chi connectivity index (χ4v) is 1.71. The Balaban J connectivity index is 1.90. The van der Waals surface area contributed by atoms with Gasteiger partial charge in [-0.2, -0.15) is 4.89 Å². The Morgan fingerprint density at radius 1 is 1.29 bits per heavy atom. The molecule has 0 amide bonds. The van der Waals surface area contributed by atoms with E-state index in [1.807, 2.05) is 0 Å². The highest BCUT2D eigenvalue weighted by molar-refractivity contribution is 5.65. The van der Waals surface area contributed by atoms with E-state index < -0.39 is 5.97 Å². The highest BCUT2D eigenvalue weighted by Gasteiger charge is 2.13. The van der Waals surface area contributed by atoms with Crippen LogP contribution in [0.15, 0.2) is 0 Å². The van der Waals surface area contributed by atoms with E-state index in [1.54, 1.807) is 0 Å². The Morgan fingerprint density at radius 3 is 2.64 bits per heavy atom. The first kappa shape index (κ1) is 11.5. The van der Waals surface area contributed by atoms with Crippen LogP contribution in [0.3, 0.4) is 0 Å². The molecule has 0 saturated heterocycles. The van der Waals surface area contributed by atoms with E-state index >= 15 is 0 Å². The Kier molecular flexibility index (Phi) is 5.56. The average Bonchev–Trinajstić information content (AvgIpc) is 2.18. The number of rotatable bonds is 5. The van der Waals surface area contributed by atoms with Gasteiger partial charge >= 0.3 is 5.97 Å². The normalized spacial score (nSPS) is 18.1. The molecule has 1 saturated carbocycles. The third-order valence-electron chi connectivity index (χ3n) is 2.39. The van der Waals surface area contributed by atoms with E-state index in [0.717, 1.165) is 0 Å². The minimum Gasteiger partial charge on any atom is -0.351 e. The molecule has 0 aromatic heterocycles. The third-order valence-corrected chi connectivity index (χ3v) is 2.39. The van der Waals surface area contributed by atoms with Gasteiger partial charge < -0.3 is 4.74 Å². The molecule has 0 atom stereocenters. The van der Waals surface area contributed by atoms with E-state index in [1.165, 1.54) is 39.0 Å². The molecule has 82 valence electrons. The predicted molar refractivity (Wildman–Crippen MR) is 50.2 cm³/mol. The SMILES string of the molecule is CC(=O)OOCOCC1CCCCC1. The first-order chi connectivity index (χ1) is 6.79. The van der Waals surface area contributed by atoms with Crippen LogP contribution in [0.4, 0.5) is 0 Å². The second-order valence-electron chi connectivity index (χ2n) is 3.69. The van der Waals surface area contributed by atoms with Gasteiger partial charge in [-0.1, -0.05) is 19.3 Å². The Hall–Kier alpha value is -0.610. The van der Waals surface area contributed by atoms with Gasteiger partial charge in [0.2, 0.25) is 0 Å². The van der Waals surface area contributed by atoms with E-state index in [0.29, 0.717) is 12.5 Å². The minimum absolute atomic E-state index is 0.0378. The Bertz CT molecular complexity index is 164. The summed E-state index contributed by atoms with van der Waals surface area (Å²) in [4.78, 5) is 19.1. The monoisotopic (exact) mass is 202 g/mol. The van der Waals surface area contributed by atoms with Gasteiger partial charge in [-0.15, -0.1) is 0 Å². The molecule has 0 spiro atoms. The smallest absolute Gasteiger partial charge is 0.339 e. The maximum atomic E-state index is 10.3. The Labute approximate surface area is 84.4 Å². The van der Waals surface area contributed by atoms with Crippen LogP contribution >= 0.6 is 0 Å². The van der Waals surface area contributed by atoms with E-state index in [4.69, 9.17) is 4.74 Å². The zero-order chi connectivity index (χ0) is 10.2. The maximum absolute atomic E-state index is 10.3. The van der Waals surface area contributed by atoms with Gasteiger partial charge in [0.05, 0.1) is 6.61 Å². The average molecular weight is 202 g/mol. The van der Waals surface area contributed by atoms with Gasteiger partial charge in [0.1, 0.15) is 0 Å². The molecule has 0 radical (unpaired) electrons. The summed E-state index contributed by atoms with van der Waals surface area (Å²) in [5, 5.41) is 0. The van der Waals surface area contributed by atoms with Crippen molar-refractivity contribution in [3.63, 3.8) is 0 Å². The fourth-order valence-electron chi connectivity index (χ4n) is 1.71. The van der Waals surface area contributed by atoms with Gasteiger partial charge in [-0.3, -0.25) is 4.89 Å². The molecule has 1 fully saturated rings. The van der Waals surface area contributed by atoms with Gasteiger partial charge in [0.15, 0.2) is 6.79 Å². The molecular formula is C10H18O4. The van der Waals surface area contributed by atoms with E-state index in [-0.39, 0.29) is 6.79 Å². The summed E-state index contributed by atoms with van der Waals surface area (Å²) < 4.78 is 5.22. The largest absolute Gasteiger partial charge is 0.351 e. The van der Waals surface area contributed by atoms with Crippen LogP contribution < -0.4 is 0 Å². The van der Waals surface area contributed by atoms with Crippen molar-refractivity contribution in [2.45, 2.75) is 39.0 Å². The fraction of sp³-hybridized carbons (Fsp3) is 0.900. The summed E-state index contributed by atoms with van der Waals surface area (Å²) in [6.45, 7) is 2.04. The van der Waals surface area contributed by atoms with Crippen molar-refractivity contribution in [3.8, 4) is 0 Å². The molecule has 0 unspecified atom stereocenters. The summed E-state index contributed by atoms with van der Waals surface area (Å²) >= 11 is 0. The molecular weight excluding hydrogens is 184 g/mol. The zero-order valence-corrected chi connectivity index (χ0v) is 8.66. The molecule has 0 N–H and O–H groups in total. The minimum atomic E-state index is -0.453. The van der Waals surface area contributed by atoms with Gasteiger partial charge in [0, 0.05) is 6.92 Å². The maximum Gasteiger partial charge on any atom is 0.339 e. The second-order valence-corrected chi connectivity index (χ2v) is 3.69. The molecule has 0 aromatic rings. The van der Waals surface area contributed by atoms with Crippen LogP contribution in [0.1, 0.15) is 39.0 Å². The van der Waals surface area contributed by atoms with Crippen molar-refractivity contribution >= 4 is 5.97 Å². The lowest BCUT2D eigenvalue weighted by Crippen LogP contribution is -2.15. The Morgan fingerprint density at radius 2 is 2.00 bits per heavy atom. The van der Waals surface area contributed by atoms with Crippen molar-refractivity contribution in [1.29, 1.82) is 0 Å². The first-order valence-electron chi connectivity index (χ1n) is 5.17. The molecule has 0 aromatic carbocycles. The number of hydrogen-bond donors (Lipinski definition) is 0. The van der Waals surface area contributed by atoms with Crippen LogP contribution in [0, 0.1) is 5.92 Å². The summed E-state index contributed by atoms with van der Waals surface area (Å²) in [5.74, 6) is 0.205. The topological polar surface area (TPSA) is 44.8 Å². The lowest BCUT2D eigenvalue weighted by Gasteiger charge is -2.20. The summed E-state index contributed by atoms with van der Waals surface area (Å²) in [6.07, 6.45) is 6.44. The number of carbonyl (C=O) groups excluding carboxylic acids is 1. The predicted octanol–water partition coefficient (Wildman–Crippen LogP) is 2.04. The lowest BCUT2D eigenvalue weighted by molar-refractivity contribution is -0.310. The van der Waals surface area contributed by atoms with Crippen molar-refractivity contribution < 1.29 is 19.3 Å². The van der Waals surface area contributed by atoms with Gasteiger partial charge in [0.25, 0.3) is 0 Å². The van der Waals surface area contributed by atoms with E-state index in [2.05, 4.69) is 9.78 Å². The van der Waals surface area contributed by atoms with Gasteiger partial charge in [-0.25, -0.2) is 4.79 Å². The molecule has 1 aliphatic carbocycles.